The lowest BCUT2D eigenvalue weighted by molar-refractivity contribution is 0.562. The van der Waals surface area contributed by atoms with Crippen molar-refractivity contribution in [2.24, 2.45) is 0 Å². The fourth-order valence-electron chi connectivity index (χ4n) is 2.10. The van der Waals surface area contributed by atoms with Crippen molar-refractivity contribution < 1.29 is 0 Å². The van der Waals surface area contributed by atoms with Crippen molar-refractivity contribution in [2.75, 3.05) is 0 Å². The third-order valence-corrected chi connectivity index (χ3v) is 10.3. The molecule has 1 rings (SSSR count). The van der Waals surface area contributed by atoms with Gasteiger partial charge in [-0.1, -0.05) is 121 Å². The standard InChI is InChI=1S/C17H23Cl5S2/c1-2-3-4-5-6-10-13-15(18)16(19,20)17(21,22)24-23-14-11-8-7-9-12-14/h7-9,11-12,15H,2-6,10,13H2,1H3. The molecule has 1 aromatic rings. The van der Waals surface area contributed by atoms with E-state index >= 15 is 0 Å². The maximum Gasteiger partial charge on any atom is 0.207 e. The van der Waals surface area contributed by atoms with E-state index in [1.54, 1.807) is 0 Å². The quantitative estimate of drug-likeness (QED) is 0.170. The highest BCUT2D eigenvalue weighted by Gasteiger charge is 2.52. The first kappa shape index (κ1) is 23.4. The summed E-state index contributed by atoms with van der Waals surface area (Å²) in [6.45, 7) is 2.20. The Morgan fingerprint density at radius 2 is 1.50 bits per heavy atom. The molecule has 0 bridgehead atoms. The van der Waals surface area contributed by atoms with Crippen LogP contribution in [0.15, 0.2) is 35.2 Å². The summed E-state index contributed by atoms with van der Waals surface area (Å²) in [6.07, 6.45) is 7.77. The Kier molecular flexibility index (Phi) is 11.7. The zero-order valence-corrected chi connectivity index (χ0v) is 19.0. The predicted molar refractivity (Wildman–Crippen MR) is 116 cm³/mol. The fourth-order valence-corrected chi connectivity index (χ4v) is 6.20. The van der Waals surface area contributed by atoms with E-state index in [4.69, 9.17) is 58.0 Å². The topological polar surface area (TPSA) is 0 Å². The van der Waals surface area contributed by atoms with Gasteiger partial charge in [0.15, 0.2) is 4.33 Å². The summed E-state index contributed by atoms with van der Waals surface area (Å²) in [6, 6.07) is 9.79. The molecule has 0 aromatic heterocycles. The van der Waals surface area contributed by atoms with Gasteiger partial charge in [0.2, 0.25) is 3.67 Å². The molecule has 0 aliphatic heterocycles. The average molecular weight is 469 g/mol. The summed E-state index contributed by atoms with van der Waals surface area (Å²) >= 11 is 32.1. The van der Waals surface area contributed by atoms with Gasteiger partial charge in [-0.2, -0.15) is 0 Å². The van der Waals surface area contributed by atoms with Crippen molar-refractivity contribution in [3.05, 3.63) is 30.3 Å². The summed E-state index contributed by atoms with van der Waals surface area (Å²) in [5.41, 5.74) is 0. The average Bonchev–Trinajstić information content (AvgIpc) is 2.56. The number of unbranched alkanes of at least 4 members (excludes halogenated alkanes) is 5. The summed E-state index contributed by atoms with van der Waals surface area (Å²) in [5.74, 6) is 0. The van der Waals surface area contributed by atoms with Gasteiger partial charge in [-0.15, -0.1) is 11.6 Å². The minimum Gasteiger partial charge on any atom is -0.120 e. The molecule has 7 heteroatoms. The molecule has 0 aliphatic rings. The Morgan fingerprint density at radius 1 is 0.917 bits per heavy atom. The number of benzene rings is 1. The molecule has 0 fully saturated rings. The molecule has 0 heterocycles. The first-order chi connectivity index (χ1) is 11.3. The Labute approximate surface area is 179 Å². The lowest BCUT2D eigenvalue weighted by Gasteiger charge is -2.35. The van der Waals surface area contributed by atoms with E-state index in [2.05, 4.69) is 6.92 Å². The van der Waals surface area contributed by atoms with Crippen LogP contribution in [0, 0.1) is 0 Å². The van der Waals surface area contributed by atoms with E-state index in [9.17, 15) is 0 Å². The predicted octanol–water partition coefficient (Wildman–Crippen LogP) is 9.09. The molecule has 0 spiro atoms. The van der Waals surface area contributed by atoms with E-state index in [1.807, 2.05) is 30.3 Å². The van der Waals surface area contributed by atoms with Crippen molar-refractivity contribution in [2.45, 2.75) is 70.1 Å². The lowest BCUT2D eigenvalue weighted by Crippen LogP contribution is -2.41. The number of hydrogen-bond donors (Lipinski definition) is 0. The Bertz CT molecular complexity index is 454. The Morgan fingerprint density at radius 3 is 2.12 bits per heavy atom. The summed E-state index contributed by atoms with van der Waals surface area (Å²) in [5, 5.41) is -0.508. The lowest BCUT2D eigenvalue weighted by atomic mass is 10.1. The molecule has 138 valence electrons. The minimum absolute atomic E-state index is 0.508. The molecule has 1 atom stereocenters. The van der Waals surface area contributed by atoms with Gasteiger partial charge in [-0.05, 0) is 29.3 Å². The van der Waals surface area contributed by atoms with Crippen LogP contribution in [-0.2, 0) is 0 Å². The second-order valence-electron chi connectivity index (χ2n) is 5.64. The van der Waals surface area contributed by atoms with Gasteiger partial charge in [-0.25, -0.2) is 0 Å². The van der Waals surface area contributed by atoms with Crippen LogP contribution in [0.25, 0.3) is 0 Å². The fraction of sp³-hybridized carbons (Fsp3) is 0.647. The zero-order valence-electron chi connectivity index (χ0n) is 13.6. The summed E-state index contributed by atoms with van der Waals surface area (Å²) in [7, 11) is 2.65. The second kappa shape index (κ2) is 12.0. The van der Waals surface area contributed by atoms with E-state index in [0.717, 1.165) is 17.7 Å². The first-order valence-electron chi connectivity index (χ1n) is 8.11. The molecule has 0 saturated heterocycles. The number of alkyl halides is 5. The molecule has 0 nitrogen and oxygen atoms in total. The van der Waals surface area contributed by atoms with Crippen LogP contribution >= 0.6 is 79.6 Å². The third kappa shape index (κ3) is 7.94. The van der Waals surface area contributed by atoms with Crippen LogP contribution in [0.1, 0.15) is 51.9 Å². The van der Waals surface area contributed by atoms with Crippen LogP contribution in [0.2, 0.25) is 0 Å². The molecular formula is C17H23Cl5S2. The van der Waals surface area contributed by atoms with Gasteiger partial charge in [0.05, 0.1) is 5.38 Å². The zero-order chi connectivity index (χ0) is 18.1. The van der Waals surface area contributed by atoms with Crippen molar-refractivity contribution in [3.63, 3.8) is 0 Å². The van der Waals surface area contributed by atoms with Gasteiger partial charge in [0.1, 0.15) is 0 Å². The number of hydrogen-bond acceptors (Lipinski definition) is 2. The molecular weight excluding hydrogens is 446 g/mol. The van der Waals surface area contributed by atoms with E-state index in [0.29, 0.717) is 6.42 Å². The highest BCUT2D eigenvalue weighted by atomic mass is 35.5. The molecule has 1 aromatic carbocycles. The maximum absolute atomic E-state index is 6.44. The highest BCUT2D eigenvalue weighted by molar-refractivity contribution is 8.77. The van der Waals surface area contributed by atoms with E-state index < -0.39 is 13.4 Å². The van der Waals surface area contributed by atoms with E-state index in [1.165, 1.54) is 47.3 Å². The van der Waals surface area contributed by atoms with Crippen molar-refractivity contribution in [1.82, 2.24) is 0 Å². The second-order valence-corrected chi connectivity index (χ2v) is 11.7. The smallest absolute Gasteiger partial charge is 0.120 e. The van der Waals surface area contributed by atoms with Crippen molar-refractivity contribution >= 4 is 79.6 Å². The minimum atomic E-state index is -1.44. The van der Waals surface area contributed by atoms with Crippen LogP contribution in [0.4, 0.5) is 0 Å². The molecule has 0 aliphatic carbocycles. The summed E-state index contributed by atoms with van der Waals surface area (Å²) in [4.78, 5) is 1.03. The Hall–Kier alpha value is 1.37. The third-order valence-electron chi connectivity index (χ3n) is 3.58. The largest absolute Gasteiger partial charge is 0.207 e. The van der Waals surface area contributed by atoms with Crippen LogP contribution in [0.5, 0.6) is 0 Å². The Balaban J connectivity index is 2.44. The molecule has 1 unspecified atom stereocenters. The van der Waals surface area contributed by atoms with Crippen LogP contribution < -0.4 is 0 Å². The molecule has 0 radical (unpaired) electrons. The van der Waals surface area contributed by atoms with Gasteiger partial charge < -0.3 is 0 Å². The maximum atomic E-state index is 6.44. The van der Waals surface area contributed by atoms with Gasteiger partial charge in [-0.3, -0.25) is 0 Å². The monoisotopic (exact) mass is 466 g/mol. The van der Waals surface area contributed by atoms with Crippen LogP contribution in [-0.4, -0.2) is 13.4 Å². The van der Waals surface area contributed by atoms with Gasteiger partial charge >= 0.3 is 0 Å². The first-order valence-corrected chi connectivity index (χ1v) is 12.2. The number of rotatable bonds is 12. The van der Waals surface area contributed by atoms with Gasteiger partial charge in [0.25, 0.3) is 0 Å². The van der Waals surface area contributed by atoms with Crippen molar-refractivity contribution in [1.29, 1.82) is 0 Å². The normalized spacial score (nSPS) is 13.9. The van der Waals surface area contributed by atoms with Crippen molar-refractivity contribution in [3.8, 4) is 0 Å². The SMILES string of the molecule is CCCCCCCCC(Cl)C(Cl)(Cl)C(Cl)(Cl)SSc1ccccc1. The molecule has 0 amide bonds. The highest BCUT2D eigenvalue weighted by Crippen LogP contribution is 2.58. The molecule has 0 N–H and O–H groups in total. The van der Waals surface area contributed by atoms with Gasteiger partial charge in [0, 0.05) is 4.90 Å². The van der Waals surface area contributed by atoms with Crippen LogP contribution in [0.3, 0.4) is 0 Å². The molecule has 0 saturated carbocycles. The number of halogens is 5. The summed E-state index contributed by atoms with van der Waals surface area (Å²) < 4.78 is -2.85. The van der Waals surface area contributed by atoms with E-state index in [-0.39, 0.29) is 0 Å². The molecule has 24 heavy (non-hydrogen) atoms.